The number of aromatic carboxylic acids is 1. The zero-order chi connectivity index (χ0) is 19.1. The summed E-state index contributed by atoms with van der Waals surface area (Å²) >= 11 is 0. The number of aromatic nitrogens is 2. The van der Waals surface area contributed by atoms with Crippen LogP contribution >= 0.6 is 0 Å². The van der Waals surface area contributed by atoms with Crippen molar-refractivity contribution in [3.63, 3.8) is 0 Å². The van der Waals surface area contributed by atoms with Crippen LogP contribution in [0.25, 0.3) is 5.65 Å². The third-order valence-electron chi connectivity index (χ3n) is 3.74. The number of hydrogen-bond donors (Lipinski definition) is 2. The number of fused-ring (bicyclic) bond motifs is 1. The lowest BCUT2D eigenvalue weighted by molar-refractivity contribution is 0.0693. The molecular formula is C18H17FN4O3. The van der Waals surface area contributed by atoms with Crippen LogP contribution in [0.2, 0.25) is 0 Å². The zero-order valence-corrected chi connectivity index (χ0v) is 14.4. The van der Waals surface area contributed by atoms with Crippen LogP contribution in [0.4, 0.5) is 15.9 Å². The standard InChI is InChI=1S/C18H17FN4O3/c1-18(2,3)15-16(23-9-10(19)4-7-14(23)20-15)22-21-11-5-6-13(24)12(8-11)17(25)26/h4-9,24H,1-3H3,(H,25,26). The summed E-state index contributed by atoms with van der Waals surface area (Å²) in [7, 11) is 0. The maximum atomic E-state index is 13.7. The Morgan fingerprint density at radius 1 is 1.19 bits per heavy atom. The molecule has 0 unspecified atom stereocenters. The number of imidazole rings is 1. The first kappa shape index (κ1) is 17.5. The first-order valence-corrected chi connectivity index (χ1v) is 7.83. The van der Waals surface area contributed by atoms with Gasteiger partial charge >= 0.3 is 5.97 Å². The van der Waals surface area contributed by atoms with Gasteiger partial charge < -0.3 is 10.2 Å². The molecule has 2 aromatic heterocycles. The van der Waals surface area contributed by atoms with E-state index in [1.165, 1.54) is 34.9 Å². The molecule has 7 nitrogen and oxygen atoms in total. The minimum Gasteiger partial charge on any atom is -0.507 e. The molecule has 0 spiro atoms. The van der Waals surface area contributed by atoms with Gasteiger partial charge in [0.15, 0.2) is 5.82 Å². The SMILES string of the molecule is CC(C)(C)c1nc2ccc(F)cn2c1N=Nc1ccc(O)c(C(=O)O)c1. The van der Waals surface area contributed by atoms with Crippen LogP contribution < -0.4 is 0 Å². The minimum absolute atomic E-state index is 0.242. The lowest BCUT2D eigenvalue weighted by Crippen LogP contribution is -2.11. The van der Waals surface area contributed by atoms with Crippen LogP contribution in [0.1, 0.15) is 36.8 Å². The molecule has 8 heteroatoms. The molecule has 3 aromatic rings. The summed E-state index contributed by atoms with van der Waals surface area (Å²) in [6.07, 6.45) is 1.27. The maximum absolute atomic E-state index is 13.7. The second-order valence-corrected chi connectivity index (χ2v) is 6.82. The normalized spacial score (nSPS) is 12.2. The molecule has 0 aliphatic heterocycles. The molecule has 26 heavy (non-hydrogen) atoms. The molecule has 1 aromatic carbocycles. The van der Waals surface area contributed by atoms with E-state index in [-0.39, 0.29) is 22.4 Å². The smallest absolute Gasteiger partial charge is 0.339 e. The lowest BCUT2D eigenvalue weighted by Gasteiger charge is -2.15. The number of halogens is 1. The summed E-state index contributed by atoms with van der Waals surface area (Å²) in [5.74, 6) is -1.71. The van der Waals surface area contributed by atoms with Crippen molar-refractivity contribution in [2.75, 3.05) is 0 Å². The lowest BCUT2D eigenvalue weighted by atomic mass is 9.92. The average molecular weight is 356 g/mol. The van der Waals surface area contributed by atoms with E-state index in [9.17, 15) is 14.3 Å². The molecule has 3 rings (SSSR count). The van der Waals surface area contributed by atoms with Gasteiger partial charge in [-0.1, -0.05) is 20.8 Å². The van der Waals surface area contributed by atoms with Crippen LogP contribution in [0, 0.1) is 5.82 Å². The molecule has 0 fully saturated rings. The summed E-state index contributed by atoms with van der Waals surface area (Å²) in [4.78, 5) is 15.6. The molecule has 0 saturated carbocycles. The van der Waals surface area contributed by atoms with Crippen LogP contribution in [0.3, 0.4) is 0 Å². The fraction of sp³-hybridized carbons (Fsp3) is 0.222. The highest BCUT2D eigenvalue weighted by molar-refractivity contribution is 5.91. The number of carbonyl (C=O) groups is 1. The van der Waals surface area contributed by atoms with Crippen molar-refractivity contribution in [2.24, 2.45) is 10.2 Å². The number of pyridine rings is 1. The van der Waals surface area contributed by atoms with Gasteiger partial charge in [-0.3, -0.25) is 4.40 Å². The van der Waals surface area contributed by atoms with Crippen LogP contribution in [0.5, 0.6) is 5.75 Å². The van der Waals surface area contributed by atoms with Gasteiger partial charge in [0, 0.05) is 11.6 Å². The number of carboxylic acid groups (broad SMARTS) is 1. The van der Waals surface area contributed by atoms with Gasteiger partial charge in [0.05, 0.1) is 11.4 Å². The summed E-state index contributed by atoms with van der Waals surface area (Å²) < 4.78 is 15.2. The van der Waals surface area contributed by atoms with Gasteiger partial charge in [0.1, 0.15) is 22.8 Å². The second kappa shape index (κ2) is 6.21. The second-order valence-electron chi connectivity index (χ2n) is 6.82. The molecule has 0 radical (unpaired) electrons. The van der Waals surface area contributed by atoms with Gasteiger partial charge in [0.25, 0.3) is 0 Å². The van der Waals surface area contributed by atoms with Crippen molar-refractivity contribution in [1.82, 2.24) is 9.38 Å². The van der Waals surface area contributed by atoms with Crippen molar-refractivity contribution in [3.05, 3.63) is 53.6 Å². The fourth-order valence-electron chi connectivity index (χ4n) is 2.47. The minimum atomic E-state index is -1.27. The van der Waals surface area contributed by atoms with Crippen molar-refractivity contribution in [1.29, 1.82) is 0 Å². The molecule has 0 bridgehead atoms. The highest BCUT2D eigenvalue weighted by Gasteiger charge is 2.24. The van der Waals surface area contributed by atoms with E-state index < -0.39 is 11.8 Å². The molecule has 0 aliphatic rings. The molecular weight excluding hydrogens is 339 g/mol. The van der Waals surface area contributed by atoms with Gasteiger partial charge in [-0.25, -0.2) is 14.2 Å². The largest absolute Gasteiger partial charge is 0.507 e. The van der Waals surface area contributed by atoms with E-state index in [2.05, 4.69) is 15.2 Å². The predicted molar refractivity (Wildman–Crippen MR) is 93.1 cm³/mol. The first-order valence-electron chi connectivity index (χ1n) is 7.83. The Labute approximate surface area is 148 Å². The summed E-state index contributed by atoms with van der Waals surface area (Å²) in [6.45, 7) is 5.85. The number of aromatic hydroxyl groups is 1. The van der Waals surface area contributed by atoms with Crippen molar-refractivity contribution in [3.8, 4) is 5.75 Å². The molecule has 0 amide bonds. The number of azo groups is 1. The predicted octanol–water partition coefficient (Wildman–Crippen LogP) is 4.59. The number of carboxylic acids is 1. The Balaban J connectivity index is 2.13. The molecule has 0 aliphatic carbocycles. The van der Waals surface area contributed by atoms with Crippen molar-refractivity contribution < 1.29 is 19.4 Å². The number of rotatable bonds is 3. The van der Waals surface area contributed by atoms with Gasteiger partial charge in [-0.05, 0) is 30.3 Å². The van der Waals surface area contributed by atoms with Gasteiger partial charge in [-0.15, -0.1) is 10.2 Å². The number of nitrogens with zero attached hydrogens (tertiary/aromatic N) is 4. The summed E-state index contributed by atoms with van der Waals surface area (Å²) in [6, 6.07) is 6.74. The van der Waals surface area contributed by atoms with Crippen LogP contribution in [-0.4, -0.2) is 25.6 Å². The van der Waals surface area contributed by atoms with Gasteiger partial charge in [-0.2, -0.15) is 0 Å². The van der Waals surface area contributed by atoms with Crippen molar-refractivity contribution in [2.45, 2.75) is 26.2 Å². The topological polar surface area (TPSA) is 99.5 Å². The first-order chi connectivity index (χ1) is 12.2. The Morgan fingerprint density at radius 2 is 1.92 bits per heavy atom. The molecule has 2 N–H and O–H groups in total. The monoisotopic (exact) mass is 356 g/mol. The zero-order valence-electron chi connectivity index (χ0n) is 14.4. The molecule has 134 valence electrons. The van der Waals surface area contributed by atoms with Crippen LogP contribution in [-0.2, 0) is 5.41 Å². The number of benzene rings is 1. The number of phenols is 1. The highest BCUT2D eigenvalue weighted by atomic mass is 19.1. The summed E-state index contributed by atoms with van der Waals surface area (Å²) in [5, 5.41) is 26.9. The van der Waals surface area contributed by atoms with Crippen LogP contribution in [0.15, 0.2) is 46.8 Å². The Hall–Kier alpha value is -3.29. The third kappa shape index (κ3) is 3.26. The van der Waals surface area contributed by atoms with Crippen molar-refractivity contribution >= 4 is 23.1 Å². The highest BCUT2D eigenvalue weighted by Crippen LogP contribution is 2.33. The van der Waals surface area contributed by atoms with E-state index >= 15 is 0 Å². The fourth-order valence-corrected chi connectivity index (χ4v) is 2.47. The van der Waals surface area contributed by atoms with E-state index in [0.29, 0.717) is 17.2 Å². The quantitative estimate of drug-likeness (QED) is 0.670. The molecule has 2 heterocycles. The third-order valence-corrected chi connectivity index (χ3v) is 3.74. The van der Waals surface area contributed by atoms with E-state index in [0.717, 1.165) is 0 Å². The van der Waals surface area contributed by atoms with Gasteiger partial charge in [0.2, 0.25) is 0 Å². The Kier molecular flexibility index (Phi) is 4.19. The maximum Gasteiger partial charge on any atom is 0.339 e. The Bertz CT molecular complexity index is 1030. The molecule has 0 saturated heterocycles. The van der Waals surface area contributed by atoms with E-state index in [1.54, 1.807) is 6.07 Å². The van der Waals surface area contributed by atoms with E-state index in [1.807, 2.05) is 20.8 Å². The average Bonchev–Trinajstić information content (AvgIpc) is 2.92. The molecule has 0 atom stereocenters. The van der Waals surface area contributed by atoms with E-state index in [4.69, 9.17) is 5.11 Å². The number of hydrogen-bond acceptors (Lipinski definition) is 5. The Morgan fingerprint density at radius 3 is 2.58 bits per heavy atom. The summed E-state index contributed by atoms with van der Waals surface area (Å²) in [5.41, 5.74) is 0.761.